The van der Waals surface area contributed by atoms with Crippen molar-refractivity contribution in [2.45, 2.75) is 6.92 Å². The first kappa shape index (κ1) is 14.1. The van der Waals surface area contributed by atoms with Crippen molar-refractivity contribution in [3.63, 3.8) is 0 Å². The summed E-state index contributed by atoms with van der Waals surface area (Å²) in [5.41, 5.74) is 1.69. The second-order valence-electron chi connectivity index (χ2n) is 4.88. The third-order valence-electron chi connectivity index (χ3n) is 3.39. The van der Waals surface area contributed by atoms with Crippen LogP contribution in [0.1, 0.15) is 26.3 Å². The largest absolute Gasteiger partial charge is 0.454 e. The van der Waals surface area contributed by atoms with Crippen LogP contribution in [0, 0.1) is 6.92 Å². The minimum Gasteiger partial charge on any atom is -0.454 e. The van der Waals surface area contributed by atoms with Gasteiger partial charge in [-0.2, -0.15) is 0 Å². The number of hydrogen-bond donors (Lipinski definition) is 0. The minimum absolute atomic E-state index is 0.148. The van der Waals surface area contributed by atoms with Gasteiger partial charge in [-0.1, -0.05) is 18.2 Å². The predicted molar refractivity (Wildman–Crippen MR) is 78.4 cm³/mol. The van der Waals surface area contributed by atoms with Crippen LogP contribution in [0.25, 0.3) is 0 Å². The number of fused-ring (bicyclic) bond motifs is 1. The predicted octanol–water partition coefficient (Wildman–Crippen LogP) is 2.76. The first-order valence-corrected chi connectivity index (χ1v) is 6.81. The number of Topliss-reactive ketones (excluding diaryl/α,β-unsaturated/α-hetero) is 1. The number of hydrogen-bond acceptors (Lipinski definition) is 5. The summed E-state index contributed by atoms with van der Waals surface area (Å²) < 4.78 is 15.5. The monoisotopic (exact) mass is 298 g/mol. The summed E-state index contributed by atoms with van der Waals surface area (Å²) in [6.07, 6.45) is 0. The Balaban J connectivity index is 1.65. The van der Waals surface area contributed by atoms with Crippen LogP contribution in [0.2, 0.25) is 0 Å². The van der Waals surface area contributed by atoms with E-state index in [1.165, 1.54) is 0 Å². The molecule has 5 heteroatoms. The van der Waals surface area contributed by atoms with Gasteiger partial charge in [0, 0.05) is 5.56 Å². The molecule has 1 aliphatic heterocycles. The maximum Gasteiger partial charge on any atom is 0.338 e. The van der Waals surface area contributed by atoms with Gasteiger partial charge in [-0.25, -0.2) is 4.79 Å². The lowest BCUT2D eigenvalue weighted by molar-refractivity contribution is 0.0474. The van der Waals surface area contributed by atoms with E-state index in [1.807, 2.05) is 19.1 Å². The zero-order valence-electron chi connectivity index (χ0n) is 12.0. The maximum absolute atomic E-state index is 12.1. The first-order valence-electron chi connectivity index (χ1n) is 6.81. The van der Waals surface area contributed by atoms with Crippen LogP contribution in [-0.2, 0) is 4.74 Å². The fourth-order valence-electron chi connectivity index (χ4n) is 2.16. The van der Waals surface area contributed by atoms with E-state index in [2.05, 4.69) is 0 Å². The number of rotatable bonds is 4. The SMILES string of the molecule is Cc1ccccc1C(=O)OCC(=O)c1ccc2c(c1)OCO2. The molecule has 0 fully saturated rings. The quantitative estimate of drug-likeness (QED) is 0.641. The lowest BCUT2D eigenvalue weighted by Gasteiger charge is -2.07. The minimum atomic E-state index is -0.507. The summed E-state index contributed by atoms with van der Waals surface area (Å²) in [5.74, 6) is 0.331. The van der Waals surface area contributed by atoms with Gasteiger partial charge in [0.05, 0.1) is 5.56 Å². The average Bonchev–Trinajstić information content (AvgIpc) is 3.00. The van der Waals surface area contributed by atoms with Crippen LogP contribution in [-0.4, -0.2) is 25.2 Å². The first-order chi connectivity index (χ1) is 10.6. The van der Waals surface area contributed by atoms with Crippen LogP contribution in [0.15, 0.2) is 42.5 Å². The zero-order valence-corrected chi connectivity index (χ0v) is 12.0. The molecule has 0 atom stereocenters. The number of aryl methyl sites for hydroxylation is 1. The van der Waals surface area contributed by atoms with Gasteiger partial charge >= 0.3 is 5.97 Å². The normalized spacial score (nSPS) is 12.0. The summed E-state index contributed by atoms with van der Waals surface area (Å²) in [4.78, 5) is 24.1. The van der Waals surface area contributed by atoms with Gasteiger partial charge in [-0.05, 0) is 36.8 Å². The van der Waals surface area contributed by atoms with E-state index in [1.54, 1.807) is 30.3 Å². The molecule has 0 bridgehead atoms. The summed E-state index contributed by atoms with van der Waals surface area (Å²) >= 11 is 0. The average molecular weight is 298 g/mol. The lowest BCUT2D eigenvalue weighted by Crippen LogP contribution is -2.15. The lowest BCUT2D eigenvalue weighted by atomic mass is 10.1. The molecule has 0 amide bonds. The molecular weight excluding hydrogens is 284 g/mol. The molecule has 2 aromatic carbocycles. The van der Waals surface area contributed by atoms with Crippen molar-refractivity contribution in [2.75, 3.05) is 13.4 Å². The van der Waals surface area contributed by atoms with E-state index in [4.69, 9.17) is 14.2 Å². The standard InChI is InChI=1S/C17H14O5/c1-11-4-2-3-5-13(11)17(19)20-9-14(18)12-6-7-15-16(8-12)22-10-21-15/h2-8H,9-10H2,1H3. The van der Waals surface area contributed by atoms with Gasteiger partial charge in [-0.15, -0.1) is 0 Å². The Bertz CT molecular complexity index is 736. The molecule has 0 spiro atoms. The van der Waals surface area contributed by atoms with Crippen molar-refractivity contribution in [1.29, 1.82) is 0 Å². The molecule has 112 valence electrons. The Morgan fingerprint density at radius 1 is 1.09 bits per heavy atom. The Morgan fingerprint density at radius 2 is 1.86 bits per heavy atom. The van der Waals surface area contributed by atoms with E-state index in [-0.39, 0.29) is 19.2 Å². The van der Waals surface area contributed by atoms with Crippen molar-refractivity contribution in [2.24, 2.45) is 0 Å². The van der Waals surface area contributed by atoms with Gasteiger partial charge in [0.15, 0.2) is 23.9 Å². The summed E-state index contributed by atoms with van der Waals surface area (Å²) in [6.45, 7) is 1.65. The highest BCUT2D eigenvalue weighted by atomic mass is 16.7. The molecule has 5 nitrogen and oxygen atoms in total. The molecule has 0 saturated carbocycles. The molecule has 0 aromatic heterocycles. The number of benzene rings is 2. The molecule has 2 aromatic rings. The van der Waals surface area contributed by atoms with Crippen LogP contribution < -0.4 is 9.47 Å². The fraction of sp³-hybridized carbons (Fsp3) is 0.176. The van der Waals surface area contributed by atoms with Gasteiger partial charge in [0.1, 0.15) is 0 Å². The fourth-order valence-corrected chi connectivity index (χ4v) is 2.16. The Hall–Kier alpha value is -2.82. The number of carbonyl (C=O) groups excluding carboxylic acids is 2. The van der Waals surface area contributed by atoms with Crippen molar-refractivity contribution in [3.8, 4) is 11.5 Å². The molecular formula is C17H14O5. The van der Waals surface area contributed by atoms with Crippen LogP contribution in [0.5, 0.6) is 11.5 Å². The Morgan fingerprint density at radius 3 is 2.68 bits per heavy atom. The van der Waals surface area contributed by atoms with E-state index in [9.17, 15) is 9.59 Å². The smallest absolute Gasteiger partial charge is 0.338 e. The maximum atomic E-state index is 12.1. The number of ketones is 1. The highest BCUT2D eigenvalue weighted by Gasteiger charge is 2.18. The molecule has 0 unspecified atom stereocenters. The zero-order chi connectivity index (χ0) is 15.5. The van der Waals surface area contributed by atoms with Crippen LogP contribution >= 0.6 is 0 Å². The van der Waals surface area contributed by atoms with E-state index >= 15 is 0 Å². The molecule has 0 N–H and O–H groups in total. The number of esters is 1. The molecule has 22 heavy (non-hydrogen) atoms. The third-order valence-corrected chi connectivity index (χ3v) is 3.39. The summed E-state index contributed by atoms with van der Waals surface area (Å²) in [5, 5.41) is 0. The van der Waals surface area contributed by atoms with E-state index in [0.717, 1.165) is 5.56 Å². The summed E-state index contributed by atoms with van der Waals surface area (Å²) in [7, 11) is 0. The van der Waals surface area contributed by atoms with Crippen molar-refractivity contribution in [1.82, 2.24) is 0 Å². The Kier molecular flexibility index (Phi) is 3.78. The van der Waals surface area contributed by atoms with E-state index in [0.29, 0.717) is 22.6 Å². The summed E-state index contributed by atoms with van der Waals surface area (Å²) in [6, 6.07) is 12.0. The Labute approximate surface area is 127 Å². The second-order valence-corrected chi connectivity index (χ2v) is 4.88. The van der Waals surface area contributed by atoms with Gasteiger partial charge in [0.25, 0.3) is 0 Å². The molecule has 0 saturated heterocycles. The number of ether oxygens (including phenoxy) is 3. The molecule has 1 aliphatic rings. The molecule has 3 rings (SSSR count). The third kappa shape index (κ3) is 2.79. The van der Waals surface area contributed by atoms with Gasteiger partial charge in [0.2, 0.25) is 6.79 Å². The van der Waals surface area contributed by atoms with Crippen LogP contribution in [0.3, 0.4) is 0 Å². The molecule has 0 radical (unpaired) electrons. The highest BCUT2D eigenvalue weighted by Crippen LogP contribution is 2.32. The van der Waals surface area contributed by atoms with Gasteiger partial charge in [-0.3, -0.25) is 4.79 Å². The second kappa shape index (κ2) is 5.89. The van der Waals surface area contributed by atoms with Crippen molar-refractivity contribution < 1.29 is 23.8 Å². The highest BCUT2D eigenvalue weighted by molar-refractivity contribution is 6.00. The van der Waals surface area contributed by atoms with E-state index < -0.39 is 5.97 Å². The number of carbonyl (C=O) groups is 2. The topological polar surface area (TPSA) is 61.8 Å². The molecule has 1 heterocycles. The van der Waals surface area contributed by atoms with Gasteiger partial charge < -0.3 is 14.2 Å². The van der Waals surface area contributed by atoms with Crippen LogP contribution in [0.4, 0.5) is 0 Å². The molecule has 0 aliphatic carbocycles. The van der Waals surface area contributed by atoms with Crippen molar-refractivity contribution in [3.05, 3.63) is 59.2 Å². The van der Waals surface area contributed by atoms with Crippen molar-refractivity contribution >= 4 is 11.8 Å².